The fourth-order valence-corrected chi connectivity index (χ4v) is 8.29. The van der Waals surface area contributed by atoms with Gasteiger partial charge in [0.1, 0.15) is 10.5 Å². The zero-order valence-corrected chi connectivity index (χ0v) is 22.2. The molecule has 186 valence electrons. The number of nitrogens with zero attached hydrogens (tertiary/aromatic N) is 2. The zero-order chi connectivity index (χ0) is 25.9. The first-order chi connectivity index (χ1) is 16.2. The summed E-state index contributed by atoms with van der Waals surface area (Å²) in [5.74, 6) is -0.698. The Kier molecular flexibility index (Phi) is 5.96. The topological polar surface area (TPSA) is 112 Å². The van der Waals surface area contributed by atoms with Crippen molar-refractivity contribution in [1.82, 2.24) is 9.78 Å². The van der Waals surface area contributed by atoms with E-state index >= 15 is 0 Å². The predicted molar refractivity (Wildman–Crippen MR) is 131 cm³/mol. The van der Waals surface area contributed by atoms with Crippen LogP contribution in [-0.4, -0.2) is 38.2 Å². The third-order valence-corrected chi connectivity index (χ3v) is 9.82. The second-order valence-electron chi connectivity index (χ2n) is 9.57. The highest BCUT2D eigenvalue weighted by molar-refractivity contribution is 7.92. The Morgan fingerprint density at radius 3 is 2.34 bits per heavy atom. The lowest BCUT2D eigenvalue weighted by Crippen LogP contribution is -2.21. The average molecular weight is 517 g/mol. The van der Waals surface area contributed by atoms with Gasteiger partial charge in [-0.25, -0.2) is 13.1 Å². The van der Waals surface area contributed by atoms with Gasteiger partial charge in [0, 0.05) is 17.5 Å². The van der Waals surface area contributed by atoms with Crippen LogP contribution in [0.4, 0.5) is 0 Å². The Hall–Kier alpha value is -2.98. The highest BCUT2D eigenvalue weighted by Gasteiger charge is 2.44. The van der Waals surface area contributed by atoms with Gasteiger partial charge in [0.2, 0.25) is 5.88 Å². The van der Waals surface area contributed by atoms with Crippen LogP contribution in [0.3, 0.4) is 0 Å². The molecule has 10 heteroatoms. The van der Waals surface area contributed by atoms with Crippen LogP contribution in [0, 0.1) is 20.8 Å². The van der Waals surface area contributed by atoms with Crippen molar-refractivity contribution >= 4 is 25.7 Å². The van der Waals surface area contributed by atoms with Gasteiger partial charge in [0.25, 0.3) is 0 Å². The van der Waals surface area contributed by atoms with Crippen LogP contribution in [0.2, 0.25) is 0 Å². The molecule has 3 aromatic rings. The lowest BCUT2D eigenvalue weighted by atomic mass is 9.80. The van der Waals surface area contributed by atoms with Crippen molar-refractivity contribution in [2.24, 2.45) is 0 Å². The van der Waals surface area contributed by atoms with Crippen LogP contribution in [0.15, 0.2) is 46.3 Å². The maximum absolute atomic E-state index is 13.7. The molecule has 1 aliphatic rings. The number of rotatable bonds is 6. The molecular weight excluding hydrogens is 488 g/mol. The maximum Gasteiger partial charge on any atom is 0.340 e. The third kappa shape index (κ3) is 4.18. The zero-order valence-electron chi connectivity index (χ0n) is 20.5. The van der Waals surface area contributed by atoms with Gasteiger partial charge in [0.05, 0.1) is 16.8 Å². The average Bonchev–Trinajstić information content (AvgIpc) is 3.24. The van der Waals surface area contributed by atoms with Crippen LogP contribution in [0.1, 0.15) is 58.9 Å². The number of carbonyl (C=O) groups is 1. The Balaban J connectivity index is 1.84. The fourth-order valence-electron chi connectivity index (χ4n) is 4.81. The molecule has 2 aromatic carbocycles. The van der Waals surface area contributed by atoms with Crippen LogP contribution in [-0.2, 0) is 31.9 Å². The van der Waals surface area contributed by atoms with E-state index in [2.05, 4.69) is 5.10 Å². The molecule has 0 aliphatic carbocycles. The summed E-state index contributed by atoms with van der Waals surface area (Å²) in [6, 6.07) is 7.75. The van der Waals surface area contributed by atoms with Crippen LogP contribution >= 0.6 is 0 Å². The van der Waals surface area contributed by atoms with Crippen molar-refractivity contribution < 1.29 is 25.8 Å². The molecule has 0 saturated heterocycles. The highest BCUT2D eigenvalue weighted by atomic mass is 32.2. The molecule has 0 spiro atoms. The van der Waals surface area contributed by atoms with E-state index in [4.69, 9.17) is 4.18 Å². The van der Waals surface area contributed by atoms with E-state index in [9.17, 15) is 21.6 Å². The first-order valence-electron chi connectivity index (χ1n) is 11.2. The number of aryl methyl sites for hydroxylation is 3. The second-order valence-corrected chi connectivity index (χ2v) is 13.0. The van der Waals surface area contributed by atoms with Gasteiger partial charge in [-0.3, -0.25) is 4.79 Å². The number of carbonyl (C=O) groups excluding carboxylic acids is 1. The highest BCUT2D eigenvalue weighted by Crippen LogP contribution is 2.44. The second kappa shape index (κ2) is 8.30. The standard InChI is InChI=1S/C25H28N2O6S2/c1-7-27-24(33-35(31,32)18-10-8-15(2)9-11-18)20(13-26-27)22(28)19-12-16(3)23-21(17(19)4)25(5,6)14-34(23,29)30/h8-13H,7,14H2,1-6H3. The number of benzene rings is 2. The van der Waals surface area contributed by atoms with Gasteiger partial charge < -0.3 is 4.18 Å². The van der Waals surface area contributed by atoms with Gasteiger partial charge in [-0.2, -0.15) is 13.5 Å². The molecule has 0 radical (unpaired) electrons. The lowest BCUT2D eigenvalue weighted by Gasteiger charge is -2.21. The molecular formula is C25H28N2O6S2. The number of hydrogen-bond acceptors (Lipinski definition) is 7. The summed E-state index contributed by atoms with van der Waals surface area (Å²) >= 11 is 0. The van der Waals surface area contributed by atoms with Crippen molar-refractivity contribution in [1.29, 1.82) is 0 Å². The molecule has 0 saturated carbocycles. The molecule has 1 aliphatic heterocycles. The van der Waals surface area contributed by atoms with E-state index in [0.717, 1.165) is 5.56 Å². The van der Waals surface area contributed by atoms with Crippen molar-refractivity contribution in [2.45, 2.75) is 63.3 Å². The molecule has 1 aromatic heterocycles. The van der Waals surface area contributed by atoms with E-state index in [1.807, 2.05) is 20.8 Å². The third-order valence-electron chi connectivity index (χ3n) is 6.34. The van der Waals surface area contributed by atoms with Crippen molar-refractivity contribution in [3.8, 4) is 5.88 Å². The van der Waals surface area contributed by atoms with Gasteiger partial charge in [-0.15, -0.1) is 0 Å². The SMILES string of the molecule is CCn1ncc(C(=O)c2cc(C)c3c(c2C)C(C)(C)CS3(=O)=O)c1OS(=O)(=O)c1ccc(C)cc1. The van der Waals surface area contributed by atoms with E-state index in [-0.39, 0.29) is 33.5 Å². The minimum absolute atomic E-state index is 0.0105. The van der Waals surface area contributed by atoms with Gasteiger partial charge in [-0.05, 0) is 62.6 Å². The van der Waals surface area contributed by atoms with E-state index < -0.39 is 31.2 Å². The Morgan fingerprint density at radius 2 is 1.74 bits per heavy atom. The van der Waals surface area contributed by atoms with Gasteiger partial charge in [-0.1, -0.05) is 31.5 Å². The van der Waals surface area contributed by atoms with Crippen LogP contribution < -0.4 is 4.18 Å². The molecule has 0 fully saturated rings. The molecule has 0 amide bonds. The quantitative estimate of drug-likeness (QED) is 0.361. The number of fused-ring (bicyclic) bond motifs is 1. The minimum Gasteiger partial charge on any atom is -0.358 e. The number of sulfone groups is 1. The number of aromatic nitrogens is 2. The Bertz CT molecular complexity index is 1560. The molecule has 0 unspecified atom stereocenters. The summed E-state index contributed by atoms with van der Waals surface area (Å²) in [4.78, 5) is 14.0. The molecule has 4 rings (SSSR count). The number of ketones is 1. The molecule has 35 heavy (non-hydrogen) atoms. The summed E-state index contributed by atoms with van der Waals surface area (Å²) in [5, 5.41) is 4.16. The van der Waals surface area contributed by atoms with Gasteiger partial charge in [0.15, 0.2) is 15.6 Å². The normalized spacial score (nSPS) is 16.2. The van der Waals surface area contributed by atoms with Gasteiger partial charge >= 0.3 is 10.1 Å². The first kappa shape index (κ1) is 25.1. The van der Waals surface area contributed by atoms with E-state index in [0.29, 0.717) is 22.3 Å². The summed E-state index contributed by atoms with van der Waals surface area (Å²) in [6.45, 7) is 11.0. The Labute approximate surface area is 206 Å². The van der Waals surface area contributed by atoms with E-state index in [1.165, 1.54) is 23.0 Å². The molecule has 0 N–H and O–H groups in total. The Morgan fingerprint density at radius 1 is 1.11 bits per heavy atom. The molecule has 0 bridgehead atoms. The monoisotopic (exact) mass is 516 g/mol. The van der Waals surface area contributed by atoms with Crippen LogP contribution in [0.5, 0.6) is 5.88 Å². The molecule has 8 nitrogen and oxygen atoms in total. The summed E-state index contributed by atoms with van der Waals surface area (Å²) in [5.41, 5.74) is 2.17. The number of hydrogen-bond donors (Lipinski definition) is 0. The molecule has 2 heterocycles. The molecule has 0 atom stereocenters. The summed E-state index contributed by atoms with van der Waals surface area (Å²) in [6.07, 6.45) is 1.29. The minimum atomic E-state index is -4.22. The summed E-state index contributed by atoms with van der Waals surface area (Å²) in [7, 11) is -7.70. The van der Waals surface area contributed by atoms with Crippen molar-refractivity contribution in [3.63, 3.8) is 0 Å². The van der Waals surface area contributed by atoms with Crippen molar-refractivity contribution in [3.05, 3.63) is 69.9 Å². The predicted octanol–water partition coefficient (Wildman–Crippen LogP) is 3.89. The lowest BCUT2D eigenvalue weighted by molar-refractivity contribution is 0.103. The van der Waals surface area contributed by atoms with Crippen LogP contribution in [0.25, 0.3) is 0 Å². The largest absolute Gasteiger partial charge is 0.358 e. The summed E-state index contributed by atoms with van der Waals surface area (Å²) < 4.78 is 58.4. The maximum atomic E-state index is 13.7. The fraction of sp³-hybridized carbons (Fsp3) is 0.360. The van der Waals surface area contributed by atoms with Crippen molar-refractivity contribution in [2.75, 3.05) is 5.75 Å². The van der Waals surface area contributed by atoms with E-state index in [1.54, 1.807) is 39.0 Å². The smallest absolute Gasteiger partial charge is 0.340 e. The first-order valence-corrected chi connectivity index (χ1v) is 14.2.